The minimum atomic E-state index is -0.995. The Balaban J connectivity index is 4.55. The molecule has 0 radical (unpaired) electrons. The van der Waals surface area contributed by atoms with Crippen molar-refractivity contribution in [2.75, 3.05) is 13.2 Å². The third-order valence-corrected chi connectivity index (χ3v) is 1.87. The molecule has 0 saturated carbocycles. The number of allylic oxidation sites excluding steroid dienone is 2. The van der Waals surface area contributed by atoms with Crippen molar-refractivity contribution in [3.05, 3.63) is 12.2 Å². The average molecular weight is 242 g/mol. The predicted octanol–water partition coefficient (Wildman–Crippen LogP) is 1.26. The van der Waals surface area contributed by atoms with Crippen LogP contribution in [0.1, 0.15) is 27.2 Å². The van der Waals surface area contributed by atoms with Gasteiger partial charge in [-0.05, 0) is 33.3 Å². The maximum atomic E-state index is 11.5. The van der Waals surface area contributed by atoms with Gasteiger partial charge in [0, 0.05) is 0 Å². The van der Waals surface area contributed by atoms with Crippen molar-refractivity contribution in [2.24, 2.45) is 5.92 Å². The van der Waals surface area contributed by atoms with Crippen LogP contribution in [0.15, 0.2) is 12.2 Å². The Bertz CT molecular complexity index is 288. The number of ether oxygens (including phenoxy) is 2. The Labute approximate surface area is 101 Å². The number of hydrogen-bond acceptors (Lipinski definition) is 5. The number of rotatable bonds is 7. The van der Waals surface area contributed by atoms with E-state index in [2.05, 4.69) is 0 Å². The summed E-state index contributed by atoms with van der Waals surface area (Å²) < 4.78 is 9.54. The van der Waals surface area contributed by atoms with Gasteiger partial charge in [0.15, 0.2) is 11.7 Å². The predicted molar refractivity (Wildman–Crippen MR) is 61.2 cm³/mol. The molecule has 0 heterocycles. The molecule has 0 amide bonds. The summed E-state index contributed by atoms with van der Waals surface area (Å²) in [6.07, 6.45) is 2.89. The van der Waals surface area contributed by atoms with Gasteiger partial charge in [0.05, 0.1) is 13.2 Å². The molecular formula is C12H18O5. The third-order valence-electron chi connectivity index (χ3n) is 1.87. The lowest BCUT2D eigenvalue weighted by Crippen LogP contribution is -2.27. The van der Waals surface area contributed by atoms with Crippen molar-refractivity contribution < 1.29 is 23.9 Å². The quantitative estimate of drug-likeness (QED) is 0.382. The first-order valence-electron chi connectivity index (χ1n) is 5.53. The van der Waals surface area contributed by atoms with E-state index in [9.17, 15) is 14.4 Å². The van der Waals surface area contributed by atoms with Crippen molar-refractivity contribution >= 4 is 17.7 Å². The normalized spacial score (nSPS) is 10.6. The topological polar surface area (TPSA) is 69.7 Å². The van der Waals surface area contributed by atoms with Crippen LogP contribution in [0.5, 0.6) is 0 Å². The van der Waals surface area contributed by atoms with Crippen LogP contribution in [-0.2, 0) is 23.9 Å². The first-order valence-corrected chi connectivity index (χ1v) is 5.53. The van der Waals surface area contributed by atoms with Crippen molar-refractivity contribution in [3.8, 4) is 0 Å². The number of hydrogen-bond donors (Lipinski definition) is 0. The van der Waals surface area contributed by atoms with Crippen molar-refractivity contribution in [1.82, 2.24) is 0 Å². The van der Waals surface area contributed by atoms with Gasteiger partial charge in [-0.1, -0.05) is 6.08 Å². The summed E-state index contributed by atoms with van der Waals surface area (Å²) in [5.74, 6) is -2.39. The van der Waals surface area contributed by atoms with E-state index < -0.39 is 17.9 Å². The summed E-state index contributed by atoms with van der Waals surface area (Å²) in [4.78, 5) is 33.7. The van der Waals surface area contributed by atoms with Crippen molar-refractivity contribution in [2.45, 2.75) is 27.2 Å². The Hall–Kier alpha value is -1.65. The summed E-state index contributed by atoms with van der Waals surface area (Å²) >= 11 is 0. The molecule has 17 heavy (non-hydrogen) atoms. The van der Waals surface area contributed by atoms with Crippen molar-refractivity contribution in [1.29, 1.82) is 0 Å². The molecule has 0 aromatic rings. The third kappa shape index (κ3) is 6.50. The van der Waals surface area contributed by atoms with Crippen LogP contribution >= 0.6 is 0 Å². The first-order chi connectivity index (χ1) is 8.02. The Morgan fingerprint density at radius 3 is 1.88 bits per heavy atom. The molecule has 5 heteroatoms. The Morgan fingerprint density at radius 1 is 1.06 bits per heavy atom. The second kappa shape index (κ2) is 8.50. The molecule has 0 spiro atoms. The zero-order valence-corrected chi connectivity index (χ0v) is 10.4. The summed E-state index contributed by atoms with van der Waals surface area (Å²) in [7, 11) is 0. The minimum Gasteiger partial charge on any atom is -0.465 e. The summed E-state index contributed by atoms with van der Waals surface area (Å²) in [6, 6.07) is 0. The molecule has 0 N–H and O–H groups in total. The molecule has 0 rings (SSSR count). The van der Waals surface area contributed by atoms with Crippen LogP contribution in [0.2, 0.25) is 0 Å². The highest BCUT2D eigenvalue weighted by atomic mass is 16.6. The van der Waals surface area contributed by atoms with E-state index in [4.69, 9.17) is 9.47 Å². The van der Waals surface area contributed by atoms with E-state index in [0.29, 0.717) is 0 Å². The Kier molecular flexibility index (Phi) is 7.67. The van der Waals surface area contributed by atoms with E-state index in [1.165, 1.54) is 19.1 Å². The van der Waals surface area contributed by atoms with E-state index in [0.717, 1.165) is 0 Å². The lowest BCUT2D eigenvalue weighted by molar-refractivity contribution is -0.161. The van der Waals surface area contributed by atoms with Crippen LogP contribution in [0.4, 0.5) is 0 Å². The van der Waals surface area contributed by atoms with Gasteiger partial charge in [-0.3, -0.25) is 14.4 Å². The molecular weight excluding hydrogens is 224 g/mol. The SMILES string of the molecule is CCOC(=O)C(C/C=C/C(C)=O)C(=O)OCC. The summed E-state index contributed by atoms with van der Waals surface area (Å²) in [5, 5.41) is 0. The molecule has 0 aromatic heterocycles. The molecule has 0 aromatic carbocycles. The second-order valence-corrected chi connectivity index (χ2v) is 3.31. The molecule has 0 atom stereocenters. The van der Waals surface area contributed by atoms with Crippen molar-refractivity contribution in [3.63, 3.8) is 0 Å². The molecule has 0 fully saturated rings. The minimum absolute atomic E-state index is 0.108. The highest BCUT2D eigenvalue weighted by molar-refractivity contribution is 5.95. The zero-order valence-electron chi connectivity index (χ0n) is 10.4. The maximum absolute atomic E-state index is 11.5. The van der Waals surface area contributed by atoms with Gasteiger partial charge in [0.2, 0.25) is 0 Å². The highest BCUT2D eigenvalue weighted by Crippen LogP contribution is 2.10. The molecule has 0 aliphatic carbocycles. The van der Waals surface area contributed by atoms with Crippen LogP contribution < -0.4 is 0 Å². The molecule has 96 valence electrons. The molecule has 0 aliphatic heterocycles. The first kappa shape index (κ1) is 15.3. The lowest BCUT2D eigenvalue weighted by atomic mass is 10.1. The maximum Gasteiger partial charge on any atom is 0.320 e. The second-order valence-electron chi connectivity index (χ2n) is 3.31. The number of carbonyl (C=O) groups is 3. The van der Waals surface area contributed by atoms with E-state index in [-0.39, 0.29) is 25.4 Å². The van der Waals surface area contributed by atoms with Gasteiger partial charge in [-0.2, -0.15) is 0 Å². The van der Waals surface area contributed by atoms with Crippen LogP contribution in [0.25, 0.3) is 0 Å². The van der Waals surface area contributed by atoms with Gasteiger partial charge < -0.3 is 9.47 Å². The van der Waals surface area contributed by atoms with Crippen LogP contribution in [0, 0.1) is 5.92 Å². The number of ketones is 1. The summed E-state index contributed by atoms with van der Waals surface area (Å²) in [6.45, 7) is 5.10. The molecule has 0 aliphatic rings. The molecule has 0 saturated heterocycles. The lowest BCUT2D eigenvalue weighted by Gasteiger charge is -2.12. The van der Waals surface area contributed by atoms with Gasteiger partial charge in [-0.15, -0.1) is 0 Å². The average Bonchev–Trinajstić information content (AvgIpc) is 2.24. The fourth-order valence-electron chi connectivity index (χ4n) is 1.14. The molecule has 0 bridgehead atoms. The van der Waals surface area contributed by atoms with E-state index in [1.54, 1.807) is 13.8 Å². The highest BCUT2D eigenvalue weighted by Gasteiger charge is 2.28. The van der Waals surface area contributed by atoms with Gasteiger partial charge in [0.25, 0.3) is 0 Å². The van der Waals surface area contributed by atoms with Gasteiger partial charge in [-0.25, -0.2) is 0 Å². The largest absolute Gasteiger partial charge is 0.465 e. The summed E-state index contributed by atoms with van der Waals surface area (Å²) in [5.41, 5.74) is 0. The van der Waals surface area contributed by atoms with E-state index in [1.807, 2.05) is 0 Å². The van der Waals surface area contributed by atoms with Gasteiger partial charge in [0.1, 0.15) is 0 Å². The monoisotopic (exact) mass is 242 g/mol. The fraction of sp³-hybridized carbons (Fsp3) is 0.583. The molecule has 0 unspecified atom stereocenters. The van der Waals surface area contributed by atoms with Crippen LogP contribution in [-0.4, -0.2) is 30.9 Å². The van der Waals surface area contributed by atoms with Gasteiger partial charge >= 0.3 is 11.9 Å². The van der Waals surface area contributed by atoms with Crippen LogP contribution in [0.3, 0.4) is 0 Å². The number of esters is 2. The van der Waals surface area contributed by atoms with E-state index >= 15 is 0 Å². The smallest absolute Gasteiger partial charge is 0.320 e. The zero-order chi connectivity index (χ0) is 13.3. The fourth-order valence-corrected chi connectivity index (χ4v) is 1.14. The Morgan fingerprint density at radius 2 is 1.53 bits per heavy atom. The molecule has 5 nitrogen and oxygen atoms in total. The standard InChI is InChI=1S/C12H18O5/c1-4-16-11(14)10(12(15)17-5-2)8-6-7-9(3)13/h6-7,10H,4-5,8H2,1-3H3/b7-6+. The number of carbonyl (C=O) groups excluding carboxylic acids is 3.